The molecule has 3 atom stereocenters. The SMILES string of the molecule is COCCNC(=O)C(C)NC1CCC(N)C1. The largest absolute Gasteiger partial charge is 0.383 e. The van der Waals surface area contributed by atoms with Crippen LogP contribution in [-0.4, -0.2) is 44.3 Å². The van der Waals surface area contributed by atoms with Crippen LogP contribution in [0.4, 0.5) is 0 Å². The molecule has 1 fully saturated rings. The van der Waals surface area contributed by atoms with Gasteiger partial charge >= 0.3 is 0 Å². The Labute approximate surface area is 97.1 Å². The lowest BCUT2D eigenvalue weighted by atomic mass is 10.2. The molecule has 0 radical (unpaired) electrons. The van der Waals surface area contributed by atoms with Gasteiger partial charge in [0.2, 0.25) is 5.91 Å². The third-order valence-corrected chi connectivity index (χ3v) is 2.96. The van der Waals surface area contributed by atoms with E-state index in [1.165, 1.54) is 0 Å². The second-order valence-electron chi connectivity index (χ2n) is 4.44. The molecule has 0 aromatic heterocycles. The van der Waals surface area contributed by atoms with Gasteiger partial charge in [0.05, 0.1) is 12.6 Å². The van der Waals surface area contributed by atoms with Crippen molar-refractivity contribution in [3.63, 3.8) is 0 Å². The van der Waals surface area contributed by atoms with Crippen LogP contribution in [0, 0.1) is 0 Å². The number of nitrogens with two attached hydrogens (primary N) is 1. The zero-order chi connectivity index (χ0) is 12.0. The van der Waals surface area contributed by atoms with Crippen LogP contribution < -0.4 is 16.4 Å². The van der Waals surface area contributed by atoms with E-state index in [1.54, 1.807) is 7.11 Å². The van der Waals surface area contributed by atoms with Crippen LogP contribution in [0.5, 0.6) is 0 Å². The first kappa shape index (κ1) is 13.4. The summed E-state index contributed by atoms with van der Waals surface area (Å²) in [6, 6.07) is 0.520. The summed E-state index contributed by atoms with van der Waals surface area (Å²) in [5, 5.41) is 6.11. The molecule has 3 unspecified atom stereocenters. The molecule has 0 saturated heterocycles. The minimum Gasteiger partial charge on any atom is -0.383 e. The lowest BCUT2D eigenvalue weighted by molar-refractivity contribution is -0.123. The summed E-state index contributed by atoms with van der Waals surface area (Å²) in [5.74, 6) is 0.0255. The molecule has 0 bridgehead atoms. The van der Waals surface area contributed by atoms with E-state index in [4.69, 9.17) is 10.5 Å². The molecule has 1 amide bonds. The van der Waals surface area contributed by atoms with Crippen molar-refractivity contribution in [1.82, 2.24) is 10.6 Å². The number of carbonyl (C=O) groups excluding carboxylic acids is 1. The summed E-state index contributed by atoms with van der Waals surface area (Å²) in [4.78, 5) is 11.6. The molecule has 5 nitrogen and oxygen atoms in total. The number of methoxy groups -OCH3 is 1. The Morgan fingerprint density at radius 3 is 2.88 bits per heavy atom. The average Bonchev–Trinajstić information content (AvgIpc) is 2.64. The summed E-state index contributed by atoms with van der Waals surface area (Å²) in [7, 11) is 1.62. The third-order valence-electron chi connectivity index (χ3n) is 2.96. The molecule has 5 heteroatoms. The van der Waals surface area contributed by atoms with Crippen molar-refractivity contribution in [3.05, 3.63) is 0 Å². The summed E-state index contributed by atoms with van der Waals surface area (Å²) in [6.45, 7) is 2.99. The fourth-order valence-electron chi connectivity index (χ4n) is 2.03. The van der Waals surface area contributed by atoms with Gasteiger partial charge < -0.3 is 21.1 Å². The van der Waals surface area contributed by atoms with Crippen molar-refractivity contribution in [2.45, 2.75) is 44.3 Å². The molecular formula is C11H23N3O2. The molecule has 1 saturated carbocycles. The quantitative estimate of drug-likeness (QED) is 0.542. The molecule has 0 aromatic rings. The van der Waals surface area contributed by atoms with Gasteiger partial charge in [0.25, 0.3) is 0 Å². The first-order chi connectivity index (χ1) is 7.63. The van der Waals surface area contributed by atoms with Gasteiger partial charge in [-0.05, 0) is 26.2 Å². The van der Waals surface area contributed by atoms with E-state index in [0.29, 0.717) is 25.2 Å². The fourth-order valence-corrected chi connectivity index (χ4v) is 2.03. The molecule has 0 spiro atoms. The molecule has 1 rings (SSSR count). The summed E-state index contributed by atoms with van der Waals surface area (Å²) in [6.07, 6.45) is 3.09. The van der Waals surface area contributed by atoms with Crippen LogP contribution in [-0.2, 0) is 9.53 Å². The number of ether oxygens (including phenoxy) is 1. The molecule has 0 heterocycles. The third kappa shape index (κ3) is 4.47. The van der Waals surface area contributed by atoms with Crippen molar-refractivity contribution in [3.8, 4) is 0 Å². The first-order valence-electron chi connectivity index (χ1n) is 5.91. The lowest BCUT2D eigenvalue weighted by Gasteiger charge is -2.18. The number of rotatable bonds is 6. The van der Waals surface area contributed by atoms with E-state index in [2.05, 4.69) is 10.6 Å². The average molecular weight is 229 g/mol. The van der Waals surface area contributed by atoms with Gasteiger partial charge in [-0.15, -0.1) is 0 Å². The smallest absolute Gasteiger partial charge is 0.236 e. The van der Waals surface area contributed by atoms with E-state index in [1.807, 2.05) is 6.92 Å². The summed E-state index contributed by atoms with van der Waals surface area (Å²) < 4.78 is 4.87. The van der Waals surface area contributed by atoms with Crippen molar-refractivity contribution in [2.24, 2.45) is 5.73 Å². The van der Waals surface area contributed by atoms with Gasteiger partial charge in [-0.1, -0.05) is 0 Å². The van der Waals surface area contributed by atoms with Crippen LogP contribution in [0.3, 0.4) is 0 Å². The Hall–Kier alpha value is -0.650. The normalized spacial score (nSPS) is 26.7. The van der Waals surface area contributed by atoms with E-state index in [9.17, 15) is 4.79 Å². The monoisotopic (exact) mass is 229 g/mol. The number of nitrogens with one attached hydrogen (secondary N) is 2. The van der Waals surface area contributed by atoms with E-state index in [0.717, 1.165) is 19.3 Å². The highest BCUT2D eigenvalue weighted by molar-refractivity contribution is 5.81. The predicted molar refractivity (Wildman–Crippen MR) is 63.1 cm³/mol. The maximum atomic E-state index is 11.6. The van der Waals surface area contributed by atoms with Gasteiger partial charge in [0.1, 0.15) is 0 Å². The number of hydrogen-bond acceptors (Lipinski definition) is 4. The Kier molecular flexibility index (Phi) is 5.73. The molecular weight excluding hydrogens is 206 g/mol. The van der Waals surface area contributed by atoms with Gasteiger partial charge in [-0.3, -0.25) is 4.79 Å². The zero-order valence-corrected chi connectivity index (χ0v) is 10.2. The maximum Gasteiger partial charge on any atom is 0.236 e. The lowest BCUT2D eigenvalue weighted by Crippen LogP contribution is -2.46. The highest BCUT2D eigenvalue weighted by atomic mass is 16.5. The van der Waals surface area contributed by atoms with Crippen LogP contribution in [0.25, 0.3) is 0 Å². The van der Waals surface area contributed by atoms with Crippen LogP contribution in [0.1, 0.15) is 26.2 Å². The van der Waals surface area contributed by atoms with Gasteiger partial charge in [0, 0.05) is 25.7 Å². The Morgan fingerprint density at radius 1 is 1.56 bits per heavy atom. The number of hydrogen-bond donors (Lipinski definition) is 3. The fraction of sp³-hybridized carbons (Fsp3) is 0.909. The van der Waals surface area contributed by atoms with Gasteiger partial charge in [-0.2, -0.15) is 0 Å². The second-order valence-corrected chi connectivity index (χ2v) is 4.44. The molecule has 0 aliphatic heterocycles. The highest BCUT2D eigenvalue weighted by Crippen LogP contribution is 2.17. The maximum absolute atomic E-state index is 11.6. The molecule has 4 N–H and O–H groups in total. The molecule has 0 aromatic carbocycles. The zero-order valence-electron chi connectivity index (χ0n) is 10.2. The summed E-state index contributed by atoms with van der Waals surface area (Å²) >= 11 is 0. The molecule has 94 valence electrons. The van der Waals surface area contributed by atoms with E-state index < -0.39 is 0 Å². The van der Waals surface area contributed by atoms with Crippen molar-refractivity contribution in [1.29, 1.82) is 0 Å². The topological polar surface area (TPSA) is 76.4 Å². The Morgan fingerprint density at radius 2 is 2.31 bits per heavy atom. The number of amides is 1. The summed E-state index contributed by atoms with van der Waals surface area (Å²) in [5.41, 5.74) is 5.82. The van der Waals surface area contributed by atoms with E-state index in [-0.39, 0.29) is 11.9 Å². The minimum atomic E-state index is -0.160. The predicted octanol–water partition coefficient (Wildman–Crippen LogP) is -0.393. The Balaban J connectivity index is 2.18. The van der Waals surface area contributed by atoms with Crippen LogP contribution in [0.2, 0.25) is 0 Å². The Bertz CT molecular complexity index is 223. The van der Waals surface area contributed by atoms with Crippen LogP contribution >= 0.6 is 0 Å². The molecule has 16 heavy (non-hydrogen) atoms. The molecule has 1 aliphatic rings. The number of carbonyl (C=O) groups is 1. The molecule has 1 aliphatic carbocycles. The van der Waals surface area contributed by atoms with Crippen molar-refractivity contribution in [2.75, 3.05) is 20.3 Å². The van der Waals surface area contributed by atoms with E-state index >= 15 is 0 Å². The van der Waals surface area contributed by atoms with Crippen molar-refractivity contribution < 1.29 is 9.53 Å². The highest BCUT2D eigenvalue weighted by Gasteiger charge is 2.24. The second kappa shape index (κ2) is 6.83. The van der Waals surface area contributed by atoms with Gasteiger partial charge in [-0.25, -0.2) is 0 Å². The van der Waals surface area contributed by atoms with Gasteiger partial charge in [0.15, 0.2) is 0 Å². The van der Waals surface area contributed by atoms with Crippen LogP contribution in [0.15, 0.2) is 0 Å². The standard InChI is InChI=1S/C11H23N3O2/c1-8(11(15)13-5-6-16-2)14-10-4-3-9(12)7-10/h8-10,14H,3-7,12H2,1-2H3,(H,13,15). The minimum absolute atomic E-state index is 0.0255. The first-order valence-corrected chi connectivity index (χ1v) is 5.91. The van der Waals surface area contributed by atoms with Crippen molar-refractivity contribution >= 4 is 5.91 Å².